The maximum atomic E-state index is 12.3. The maximum absolute atomic E-state index is 12.3. The monoisotopic (exact) mass is 525 g/mol. The summed E-state index contributed by atoms with van der Waals surface area (Å²) in [5.41, 5.74) is 5.75. The molecule has 0 aromatic heterocycles. The van der Waals surface area contributed by atoms with E-state index in [0.717, 1.165) is 42.6 Å². The van der Waals surface area contributed by atoms with E-state index in [4.69, 9.17) is 11.6 Å². The van der Waals surface area contributed by atoms with Gasteiger partial charge in [0.05, 0.1) is 16.6 Å². The number of aryl methyl sites for hydroxylation is 3. The summed E-state index contributed by atoms with van der Waals surface area (Å²) in [5, 5.41) is 11.5. The number of hydrogen-bond acceptors (Lipinski definition) is 4. The molecule has 36 heavy (non-hydrogen) atoms. The van der Waals surface area contributed by atoms with Crippen LogP contribution in [0.1, 0.15) is 54.5 Å². The minimum absolute atomic E-state index is 0.103. The molecule has 1 fully saturated rings. The number of nitrogens with zero attached hydrogens (tertiary/aromatic N) is 1. The zero-order chi connectivity index (χ0) is 25.9. The lowest BCUT2D eigenvalue weighted by atomic mass is 9.84. The number of piperidine rings is 1. The highest BCUT2D eigenvalue weighted by molar-refractivity contribution is 7.91. The Hall–Kier alpha value is -2.34. The van der Waals surface area contributed by atoms with E-state index in [-0.39, 0.29) is 11.0 Å². The van der Waals surface area contributed by atoms with Gasteiger partial charge in [-0.25, -0.2) is 8.42 Å². The Morgan fingerprint density at radius 1 is 0.917 bits per heavy atom. The van der Waals surface area contributed by atoms with Crippen molar-refractivity contribution in [1.82, 2.24) is 0 Å². The first-order valence-corrected chi connectivity index (χ1v) is 14.8. The second-order valence-electron chi connectivity index (χ2n) is 10.3. The Morgan fingerprint density at radius 3 is 2.08 bits per heavy atom. The summed E-state index contributed by atoms with van der Waals surface area (Å²) in [4.78, 5) is 2.33. The van der Waals surface area contributed by atoms with Crippen molar-refractivity contribution >= 4 is 27.1 Å². The Bertz CT molecular complexity index is 1280. The van der Waals surface area contributed by atoms with Crippen LogP contribution in [0.25, 0.3) is 0 Å². The summed E-state index contributed by atoms with van der Waals surface area (Å²) in [6.45, 7) is 7.07. The highest BCUT2D eigenvalue weighted by Gasteiger charge is 2.34. The quantitative estimate of drug-likeness (QED) is 0.378. The lowest BCUT2D eigenvalue weighted by molar-refractivity contribution is 0.0118. The molecule has 0 unspecified atom stereocenters. The van der Waals surface area contributed by atoms with Gasteiger partial charge in [0.15, 0.2) is 9.84 Å². The molecule has 1 aliphatic rings. The van der Waals surface area contributed by atoms with E-state index < -0.39 is 15.4 Å². The third-order valence-electron chi connectivity index (χ3n) is 7.46. The van der Waals surface area contributed by atoms with E-state index in [1.54, 1.807) is 13.8 Å². The minimum atomic E-state index is -3.10. The highest BCUT2D eigenvalue weighted by Crippen LogP contribution is 2.35. The molecular formula is C30H36ClNO3S. The van der Waals surface area contributed by atoms with Crippen LogP contribution in [0.3, 0.4) is 0 Å². The first-order chi connectivity index (χ1) is 17.1. The molecule has 6 heteroatoms. The summed E-state index contributed by atoms with van der Waals surface area (Å²) in [7, 11) is -3.10. The molecule has 1 heterocycles. The number of anilines is 1. The van der Waals surface area contributed by atoms with Gasteiger partial charge in [-0.05, 0) is 98.5 Å². The van der Waals surface area contributed by atoms with Gasteiger partial charge in [-0.15, -0.1) is 0 Å². The number of halogens is 1. The van der Waals surface area contributed by atoms with E-state index in [9.17, 15) is 13.5 Å². The van der Waals surface area contributed by atoms with Gasteiger partial charge in [-0.3, -0.25) is 0 Å². The molecule has 0 saturated carbocycles. The zero-order valence-corrected chi connectivity index (χ0v) is 22.9. The summed E-state index contributed by atoms with van der Waals surface area (Å²) >= 11 is 6.00. The van der Waals surface area contributed by atoms with Gasteiger partial charge in [0, 0.05) is 23.8 Å². The Kier molecular flexibility index (Phi) is 8.13. The Morgan fingerprint density at radius 2 is 1.50 bits per heavy atom. The minimum Gasteiger partial charge on any atom is -0.385 e. The van der Waals surface area contributed by atoms with Crippen LogP contribution in [0.15, 0.2) is 66.7 Å². The van der Waals surface area contributed by atoms with Crippen molar-refractivity contribution < 1.29 is 13.5 Å². The standard InChI is InChI=1S/C30H36ClNO3S/c1-22(2)36(34,35)21-26-9-6-25(20-23(26)3)5-4-24-7-14-29(15-8-24)32-18-16-30(33,17-19-32)27-10-12-28(31)13-11-27/h6-15,20,22,33H,4-5,16-19,21H2,1-3H3. The van der Waals surface area contributed by atoms with Gasteiger partial charge in [0.25, 0.3) is 0 Å². The molecule has 0 spiro atoms. The molecule has 0 aliphatic carbocycles. The van der Waals surface area contributed by atoms with Crippen molar-refractivity contribution in [3.8, 4) is 0 Å². The van der Waals surface area contributed by atoms with E-state index in [0.29, 0.717) is 17.9 Å². The van der Waals surface area contributed by atoms with Gasteiger partial charge in [0.1, 0.15) is 0 Å². The molecule has 4 rings (SSSR count). The van der Waals surface area contributed by atoms with E-state index in [1.807, 2.05) is 37.3 Å². The number of aliphatic hydroxyl groups is 1. The fourth-order valence-corrected chi connectivity index (χ4v) is 6.02. The molecule has 3 aromatic rings. The number of benzene rings is 3. The van der Waals surface area contributed by atoms with Crippen LogP contribution in [-0.4, -0.2) is 31.9 Å². The van der Waals surface area contributed by atoms with E-state index in [2.05, 4.69) is 41.3 Å². The van der Waals surface area contributed by atoms with Crippen LogP contribution < -0.4 is 4.90 Å². The maximum Gasteiger partial charge on any atom is 0.156 e. The Balaban J connectivity index is 1.32. The molecular weight excluding hydrogens is 490 g/mol. The summed E-state index contributed by atoms with van der Waals surface area (Å²) in [6, 6.07) is 22.4. The van der Waals surface area contributed by atoms with Crippen LogP contribution in [0, 0.1) is 6.92 Å². The fourth-order valence-electron chi connectivity index (χ4n) is 4.80. The molecule has 0 bridgehead atoms. The van der Waals surface area contributed by atoms with Crippen LogP contribution in [0.4, 0.5) is 5.69 Å². The van der Waals surface area contributed by atoms with Crippen molar-refractivity contribution in [3.63, 3.8) is 0 Å². The first kappa shape index (κ1) is 26.7. The van der Waals surface area contributed by atoms with Crippen molar-refractivity contribution in [3.05, 3.63) is 99.6 Å². The highest BCUT2D eigenvalue weighted by atomic mass is 35.5. The molecule has 0 amide bonds. The lowest BCUT2D eigenvalue weighted by Crippen LogP contribution is -2.42. The van der Waals surface area contributed by atoms with Gasteiger partial charge >= 0.3 is 0 Å². The van der Waals surface area contributed by atoms with Crippen molar-refractivity contribution in [2.24, 2.45) is 0 Å². The normalized spacial score (nSPS) is 15.9. The van der Waals surface area contributed by atoms with E-state index in [1.165, 1.54) is 16.8 Å². The summed E-state index contributed by atoms with van der Waals surface area (Å²) < 4.78 is 24.6. The third kappa shape index (κ3) is 6.31. The summed E-state index contributed by atoms with van der Waals surface area (Å²) in [6.07, 6.45) is 3.21. The second-order valence-corrected chi connectivity index (χ2v) is 13.3. The van der Waals surface area contributed by atoms with Crippen LogP contribution in [0.5, 0.6) is 0 Å². The molecule has 3 aromatic carbocycles. The van der Waals surface area contributed by atoms with Crippen LogP contribution in [0.2, 0.25) is 5.02 Å². The topological polar surface area (TPSA) is 57.6 Å². The van der Waals surface area contributed by atoms with Crippen molar-refractivity contribution in [2.75, 3.05) is 18.0 Å². The van der Waals surface area contributed by atoms with Gasteiger partial charge in [-0.1, -0.05) is 54.1 Å². The molecule has 1 saturated heterocycles. The third-order valence-corrected chi connectivity index (χ3v) is 9.86. The average molecular weight is 526 g/mol. The summed E-state index contributed by atoms with van der Waals surface area (Å²) in [5.74, 6) is 0.103. The first-order valence-electron chi connectivity index (χ1n) is 12.7. The van der Waals surface area contributed by atoms with Crippen molar-refractivity contribution in [1.29, 1.82) is 0 Å². The molecule has 0 radical (unpaired) electrons. The number of hydrogen-bond donors (Lipinski definition) is 1. The Labute approximate surface area is 220 Å². The smallest absolute Gasteiger partial charge is 0.156 e. The molecule has 192 valence electrons. The molecule has 1 N–H and O–H groups in total. The lowest BCUT2D eigenvalue weighted by Gasteiger charge is -2.39. The van der Waals surface area contributed by atoms with Gasteiger partial charge in [0.2, 0.25) is 0 Å². The SMILES string of the molecule is Cc1cc(CCc2ccc(N3CCC(O)(c4ccc(Cl)cc4)CC3)cc2)ccc1CS(=O)(=O)C(C)C. The number of sulfone groups is 1. The largest absolute Gasteiger partial charge is 0.385 e. The van der Waals surface area contributed by atoms with Gasteiger partial charge in [-0.2, -0.15) is 0 Å². The van der Waals surface area contributed by atoms with E-state index >= 15 is 0 Å². The average Bonchev–Trinajstić information content (AvgIpc) is 2.85. The van der Waals surface area contributed by atoms with Crippen molar-refractivity contribution in [2.45, 2.75) is 63.1 Å². The van der Waals surface area contributed by atoms with Crippen LogP contribution >= 0.6 is 11.6 Å². The second kappa shape index (κ2) is 11.0. The van der Waals surface area contributed by atoms with Crippen LogP contribution in [-0.2, 0) is 34.0 Å². The molecule has 0 atom stereocenters. The predicted octanol–water partition coefficient (Wildman–Crippen LogP) is 6.24. The molecule has 4 nitrogen and oxygen atoms in total. The predicted molar refractivity (Wildman–Crippen MR) is 150 cm³/mol. The van der Waals surface area contributed by atoms with Gasteiger partial charge < -0.3 is 10.0 Å². The zero-order valence-electron chi connectivity index (χ0n) is 21.4. The molecule has 1 aliphatic heterocycles. The fraction of sp³-hybridized carbons (Fsp3) is 0.400. The number of rotatable bonds is 8.